The summed E-state index contributed by atoms with van der Waals surface area (Å²) < 4.78 is 1.99. The molecular weight excluding hydrogens is 222 g/mol. The quantitative estimate of drug-likeness (QED) is 0.719. The number of nitrogens with zero attached hydrogens (tertiary/aromatic N) is 2. The van der Waals surface area contributed by atoms with Crippen LogP contribution < -0.4 is 5.32 Å². The fraction of sp³-hybridized carbons (Fsp3) is 0.800. The topological polar surface area (TPSA) is 29.9 Å². The van der Waals surface area contributed by atoms with Crippen LogP contribution in [0.4, 0.5) is 0 Å². The average Bonchev–Trinajstić information content (AvgIpc) is 2.59. The maximum Gasteiger partial charge on any atom is 0.0628 e. The van der Waals surface area contributed by atoms with Crippen molar-refractivity contribution in [2.75, 3.05) is 7.05 Å². The van der Waals surface area contributed by atoms with Crippen LogP contribution in [-0.4, -0.2) is 22.9 Å². The summed E-state index contributed by atoms with van der Waals surface area (Å²) in [5.74, 6) is 0. The number of likely N-dealkylation sites (N-methyl/N-ethyl adjacent to an activating group) is 1. The summed E-state index contributed by atoms with van der Waals surface area (Å²) in [6.07, 6.45) is 7.74. The molecule has 0 saturated carbocycles. The molecule has 1 atom stereocenters. The van der Waals surface area contributed by atoms with Crippen LogP contribution >= 0.6 is 0 Å². The lowest BCUT2D eigenvalue weighted by molar-refractivity contribution is 0.483. The Hall–Kier alpha value is -0.830. The number of unbranched alkanes of at least 4 members (excludes halogenated alkanes) is 3. The highest BCUT2D eigenvalue weighted by Gasteiger charge is 2.14. The van der Waals surface area contributed by atoms with Gasteiger partial charge >= 0.3 is 0 Å². The van der Waals surface area contributed by atoms with E-state index in [9.17, 15) is 0 Å². The minimum Gasteiger partial charge on any atom is -0.317 e. The minimum absolute atomic E-state index is 0.587. The van der Waals surface area contributed by atoms with E-state index in [2.05, 4.69) is 38.2 Å². The standard InChI is InChI=1S/C15H29N3/c1-6-7-8-9-10-14(16-4)11-15-12(2)17-18(5)13(15)3/h14,16H,6-11H2,1-5H3. The summed E-state index contributed by atoms with van der Waals surface area (Å²) in [6.45, 7) is 6.54. The SMILES string of the molecule is CCCCCCC(Cc1c(C)nn(C)c1C)NC. The smallest absolute Gasteiger partial charge is 0.0628 e. The van der Waals surface area contributed by atoms with Crippen molar-refractivity contribution >= 4 is 0 Å². The van der Waals surface area contributed by atoms with E-state index in [0.29, 0.717) is 6.04 Å². The van der Waals surface area contributed by atoms with Crippen LogP contribution in [0.25, 0.3) is 0 Å². The summed E-state index contributed by atoms with van der Waals surface area (Å²) in [6, 6.07) is 0.587. The summed E-state index contributed by atoms with van der Waals surface area (Å²) >= 11 is 0. The summed E-state index contributed by atoms with van der Waals surface area (Å²) in [5, 5.41) is 7.95. The van der Waals surface area contributed by atoms with E-state index >= 15 is 0 Å². The second-order valence-electron chi connectivity index (χ2n) is 5.31. The van der Waals surface area contributed by atoms with Gasteiger partial charge in [-0.1, -0.05) is 32.6 Å². The number of nitrogens with one attached hydrogen (secondary N) is 1. The van der Waals surface area contributed by atoms with E-state index in [-0.39, 0.29) is 0 Å². The molecule has 1 heterocycles. The van der Waals surface area contributed by atoms with E-state index < -0.39 is 0 Å². The van der Waals surface area contributed by atoms with E-state index in [1.54, 1.807) is 0 Å². The third kappa shape index (κ3) is 4.13. The van der Waals surface area contributed by atoms with Gasteiger partial charge in [0.15, 0.2) is 0 Å². The van der Waals surface area contributed by atoms with Crippen LogP contribution in [0.3, 0.4) is 0 Å². The first-order valence-corrected chi connectivity index (χ1v) is 7.26. The largest absolute Gasteiger partial charge is 0.317 e. The van der Waals surface area contributed by atoms with E-state index in [4.69, 9.17) is 0 Å². The van der Waals surface area contributed by atoms with Crippen molar-refractivity contribution in [1.29, 1.82) is 0 Å². The maximum absolute atomic E-state index is 4.50. The van der Waals surface area contributed by atoms with Crippen LogP contribution in [0.2, 0.25) is 0 Å². The first-order valence-electron chi connectivity index (χ1n) is 7.26. The number of aromatic nitrogens is 2. The molecule has 3 heteroatoms. The van der Waals surface area contributed by atoms with Gasteiger partial charge in [-0.05, 0) is 39.3 Å². The van der Waals surface area contributed by atoms with Crippen molar-refractivity contribution < 1.29 is 0 Å². The molecular formula is C15H29N3. The monoisotopic (exact) mass is 251 g/mol. The third-order valence-electron chi connectivity index (χ3n) is 3.92. The van der Waals surface area contributed by atoms with Crippen molar-refractivity contribution in [3.05, 3.63) is 17.0 Å². The highest BCUT2D eigenvalue weighted by molar-refractivity contribution is 5.25. The molecule has 0 aromatic carbocycles. The van der Waals surface area contributed by atoms with E-state index in [1.165, 1.54) is 49.1 Å². The first kappa shape index (κ1) is 15.2. The lowest BCUT2D eigenvalue weighted by atomic mass is 9.99. The molecule has 3 nitrogen and oxygen atoms in total. The molecule has 18 heavy (non-hydrogen) atoms. The second kappa shape index (κ2) is 7.57. The fourth-order valence-corrected chi connectivity index (χ4v) is 2.53. The maximum atomic E-state index is 4.50. The average molecular weight is 251 g/mol. The summed E-state index contributed by atoms with van der Waals surface area (Å²) in [5.41, 5.74) is 3.91. The normalized spacial score (nSPS) is 12.9. The highest BCUT2D eigenvalue weighted by Crippen LogP contribution is 2.16. The van der Waals surface area contributed by atoms with Gasteiger partial charge in [-0.2, -0.15) is 5.10 Å². The molecule has 104 valence electrons. The molecule has 1 rings (SSSR count). The van der Waals surface area contributed by atoms with Crippen molar-refractivity contribution in [2.24, 2.45) is 7.05 Å². The van der Waals surface area contributed by atoms with Gasteiger partial charge in [0, 0.05) is 18.8 Å². The second-order valence-corrected chi connectivity index (χ2v) is 5.31. The van der Waals surface area contributed by atoms with Gasteiger partial charge in [0.2, 0.25) is 0 Å². The molecule has 0 aliphatic rings. The Balaban J connectivity index is 2.51. The van der Waals surface area contributed by atoms with Crippen LogP contribution in [0, 0.1) is 13.8 Å². The van der Waals surface area contributed by atoms with Crippen molar-refractivity contribution in [3.8, 4) is 0 Å². The number of hydrogen-bond acceptors (Lipinski definition) is 2. The van der Waals surface area contributed by atoms with Crippen molar-refractivity contribution in [2.45, 2.75) is 65.3 Å². The van der Waals surface area contributed by atoms with Gasteiger partial charge in [-0.15, -0.1) is 0 Å². The van der Waals surface area contributed by atoms with Gasteiger partial charge in [-0.25, -0.2) is 0 Å². The number of hydrogen-bond donors (Lipinski definition) is 1. The van der Waals surface area contributed by atoms with Crippen LogP contribution in [-0.2, 0) is 13.5 Å². The Morgan fingerprint density at radius 3 is 2.44 bits per heavy atom. The Morgan fingerprint density at radius 1 is 1.22 bits per heavy atom. The van der Waals surface area contributed by atoms with E-state index in [0.717, 1.165) is 6.42 Å². The molecule has 0 amide bonds. The molecule has 0 radical (unpaired) electrons. The molecule has 0 bridgehead atoms. The molecule has 0 spiro atoms. The summed E-state index contributed by atoms with van der Waals surface area (Å²) in [4.78, 5) is 0. The predicted molar refractivity (Wildman–Crippen MR) is 78.0 cm³/mol. The molecule has 1 aromatic heterocycles. The minimum atomic E-state index is 0.587. The number of aryl methyl sites for hydroxylation is 2. The van der Waals surface area contributed by atoms with Gasteiger partial charge in [0.1, 0.15) is 0 Å². The van der Waals surface area contributed by atoms with Gasteiger partial charge in [-0.3, -0.25) is 4.68 Å². The Bertz CT molecular complexity index is 355. The van der Waals surface area contributed by atoms with Crippen LogP contribution in [0.1, 0.15) is 56.0 Å². The Kier molecular flexibility index (Phi) is 6.41. The zero-order valence-electron chi connectivity index (χ0n) is 12.7. The first-order chi connectivity index (χ1) is 8.60. The molecule has 0 fully saturated rings. The molecule has 1 unspecified atom stereocenters. The summed E-state index contributed by atoms with van der Waals surface area (Å²) in [7, 11) is 4.10. The van der Waals surface area contributed by atoms with Gasteiger partial charge in [0.05, 0.1) is 5.69 Å². The molecule has 1 N–H and O–H groups in total. The zero-order chi connectivity index (χ0) is 13.5. The molecule has 1 aromatic rings. The zero-order valence-corrected chi connectivity index (χ0v) is 12.7. The third-order valence-corrected chi connectivity index (χ3v) is 3.92. The Labute approximate surface area is 112 Å². The highest BCUT2D eigenvalue weighted by atomic mass is 15.3. The van der Waals surface area contributed by atoms with E-state index in [1.807, 2.05) is 11.7 Å². The van der Waals surface area contributed by atoms with Crippen LogP contribution in [0.5, 0.6) is 0 Å². The lowest BCUT2D eigenvalue weighted by Crippen LogP contribution is -2.28. The van der Waals surface area contributed by atoms with Crippen molar-refractivity contribution in [3.63, 3.8) is 0 Å². The molecule has 0 aliphatic carbocycles. The van der Waals surface area contributed by atoms with Crippen molar-refractivity contribution in [1.82, 2.24) is 15.1 Å². The van der Waals surface area contributed by atoms with Crippen LogP contribution in [0.15, 0.2) is 0 Å². The molecule has 0 aliphatic heterocycles. The van der Waals surface area contributed by atoms with Gasteiger partial charge < -0.3 is 5.32 Å². The predicted octanol–water partition coefficient (Wildman–Crippen LogP) is 3.14. The van der Waals surface area contributed by atoms with Gasteiger partial charge in [0.25, 0.3) is 0 Å². The number of rotatable bonds is 8. The fourth-order valence-electron chi connectivity index (χ4n) is 2.53. The molecule has 0 saturated heterocycles. The lowest BCUT2D eigenvalue weighted by Gasteiger charge is -2.16. The Morgan fingerprint density at radius 2 is 1.94 bits per heavy atom.